The molecule has 35 heavy (non-hydrogen) atoms. The van der Waals surface area contributed by atoms with Crippen molar-refractivity contribution in [2.24, 2.45) is 0 Å². The Hall–Kier alpha value is -3.40. The van der Waals surface area contributed by atoms with Crippen molar-refractivity contribution in [3.8, 4) is 22.3 Å². The highest BCUT2D eigenvalue weighted by atomic mass is 16.4. The van der Waals surface area contributed by atoms with Gasteiger partial charge in [-0.05, 0) is 83.2 Å². The Labute approximate surface area is 208 Å². The maximum Gasteiger partial charge on any atom is 0.336 e. The molecular weight excluding hydrogens is 436 g/mol. The molecule has 0 amide bonds. The molecule has 3 rings (SSSR count). The van der Waals surface area contributed by atoms with E-state index >= 15 is 0 Å². The molecule has 2 N–H and O–H groups in total. The van der Waals surface area contributed by atoms with E-state index in [0.29, 0.717) is 11.1 Å². The molecule has 184 valence electrons. The Kier molecular flexibility index (Phi) is 9.25. The van der Waals surface area contributed by atoms with Crippen LogP contribution in [-0.2, 0) is 19.3 Å². The normalized spacial score (nSPS) is 10.9. The molecule has 0 aliphatic rings. The summed E-state index contributed by atoms with van der Waals surface area (Å²) in [7, 11) is 0. The average Bonchev–Trinajstić information content (AvgIpc) is 2.86. The summed E-state index contributed by atoms with van der Waals surface area (Å²) >= 11 is 0. The summed E-state index contributed by atoms with van der Waals surface area (Å²) in [5, 5.41) is 20.1. The molecule has 0 aliphatic carbocycles. The first kappa shape index (κ1) is 26.2. The molecule has 0 aromatic heterocycles. The van der Waals surface area contributed by atoms with E-state index in [1.165, 1.54) is 5.56 Å². The summed E-state index contributed by atoms with van der Waals surface area (Å²) in [6.07, 6.45) is 7.57. The zero-order chi connectivity index (χ0) is 25.4. The van der Waals surface area contributed by atoms with Gasteiger partial charge in [-0.1, -0.05) is 82.5 Å². The van der Waals surface area contributed by atoms with Gasteiger partial charge in [0.25, 0.3) is 0 Å². The van der Waals surface area contributed by atoms with Gasteiger partial charge in [0.15, 0.2) is 0 Å². The Morgan fingerprint density at radius 3 is 1.66 bits per heavy atom. The third-order valence-corrected chi connectivity index (χ3v) is 6.56. The van der Waals surface area contributed by atoms with Gasteiger partial charge in [-0.2, -0.15) is 0 Å². The molecule has 0 unspecified atom stereocenters. The van der Waals surface area contributed by atoms with Crippen molar-refractivity contribution < 1.29 is 19.8 Å². The second-order valence-corrected chi connectivity index (χ2v) is 9.08. The standard InChI is InChI=1S/C31H36O4/c1-4-7-14-21-20-22(13-6-3)28(24-16-9-11-18-26(24)30(32)33)29(23(21)15-8-5-2)25-17-10-12-19-27(25)31(34)35/h9-12,16-20H,4-8,13-15H2,1-3H3,(H,32,33)(H,34,35). The van der Waals surface area contributed by atoms with Crippen LogP contribution in [0.5, 0.6) is 0 Å². The molecule has 4 nitrogen and oxygen atoms in total. The van der Waals surface area contributed by atoms with Crippen LogP contribution in [0.2, 0.25) is 0 Å². The first-order chi connectivity index (χ1) is 16.9. The van der Waals surface area contributed by atoms with E-state index in [4.69, 9.17) is 0 Å². The van der Waals surface area contributed by atoms with Gasteiger partial charge in [0.1, 0.15) is 0 Å². The maximum absolute atomic E-state index is 12.3. The minimum Gasteiger partial charge on any atom is -0.478 e. The lowest BCUT2D eigenvalue weighted by Crippen LogP contribution is -2.09. The van der Waals surface area contributed by atoms with Gasteiger partial charge in [0, 0.05) is 0 Å². The van der Waals surface area contributed by atoms with Crippen LogP contribution >= 0.6 is 0 Å². The summed E-state index contributed by atoms with van der Waals surface area (Å²) in [5.41, 5.74) is 7.06. The Morgan fingerprint density at radius 2 is 1.14 bits per heavy atom. The van der Waals surface area contributed by atoms with Crippen molar-refractivity contribution in [1.82, 2.24) is 0 Å². The Balaban J connectivity index is 2.54. The SMILES string of the molecule is CCCCc1cc(CCC)c(-c2ccccc2C(=O)O)c(-c2ccccc2C(=O)O)c1CCCC. The van der Waals surface area contributed by atoms with Gasteiger partial charge < -0.3 is 10.2 Å². The van der Waals surface area contributed by atoms with Crippen molar-refractivity contribution in [1.29, 1.82) is 0 Å². The molecule has 0 heterocycles. The molecule has 0 saturated carbocycles. The van der Waals surface area contributed by atoms with Crippen LogP contribution in [0.1, 0.15) is 90.3 Å². The molecule has 0 atom stereocenters. The van der Waals surface area contributed by atoms with Crippen LogP contribution in [0.15, 0.2) is 54.6 Å². The Morgan fingerprint density at radius 1 is 0.629 bits per heavy atom. The van der Waals surface area contributed by atoms with Gasteiger partial charge in [-0.3, -0.25) is 0 Å². The molecule has 0 bridgehead atoms. The van der Waals surface area contributed by atoms with Gasteiger partial charge in [-0.15, -0.1) is 0 Å². The van der Waals surface area contributed by atoms with Gasteiger partial charge in [0.2, 0.25) is 0 Å². The van der Waals surface area contributed by atoms with Gasteiger partial charge >= 0.3 is 11.9 Å². The fourth-order valence-corrected chi connectivity index (χ4v) is 4.92. The lowest BCUT2D eigenvalue weighted by molar-refractivity contribution is 0.0686. The first-order valence-corrected chi connectivity index (χ1v) is 12.8. The molecule has 4 heteroatoms. The number of aryl methyl sites for hydroxylation is 2. The minimum atomic E-state index is -0.981. The lowest BCUT2D eigenvalue weighted by Gasteiger charge is -2.25. The van der Waals surface area contributed by atoms with Crippen molar-refractivity contribution in [2.75, 3.05) is 0 Å². The second kappa shape index (κ2) is 12.3. The maximum atomic E-state index is 12.3. The van der Waals surface area contributed by atoms with E-state index in [0.717, 1.165) is 73.6 Å². The first-order valence-electron chi connectivity index (χ1n) is 12.8. The molecular formula is C31H36O4. The number of aromatic carboxylic acids is 2. The van der Waals surface area contributed by atoms with E-state index in [9.17, 15) is 19.8 Å². The smallest absolute Gasteiger partial charge is 0.336 e. The third-order valence-electron chi connectivity index (χ3n) is 6.56. The highest BCUT2D eigenvalue weighted by Crippen LogP contribution is 2.43. The van der Waals surface area contributed by atoms with Crippen LogP contribution in [0, 0.1) is 0 Å². The molecule has 3 aromatic rings. The predicted molar refractivity (Wildman–Crippen MR) is 142 cm³/mol. The van der Waals surface area contributed by atoms with Crippen molar-refractivity contribution in [3.05, 3.63) is 82.4 Å². The zero-order valence-corrected chi connectivity index (χ0v) is 21.1. The molecule has 0 fully saturated rings. The van der Waals surface area contributed by atoms with Crippen molar-refractivity contribution in [2.45, 2.75) is 72.1 Å². The highest BCUT2D eigenvalue weighted by molar-refractivity contribution is 6.04. The number of benzene rings is 3. The van der Waals surface area contributed by atoms with E-state index < -0.39 is 11.9 Å². The number of rotatable bonds is 12. The Bertz CT molecular complexity index is 1190. The molecule has 3 aromatic carbocycles. The van der Waals surface area contributed by atoms with Crippen molar-refractivity contribution >= 4 is 11.9 Å². The zero-order valence-electron chi connectivity index (χ0n) is 21.1. The summed E-state index contributed by atoms with van der Waals surface area (Å²) in [5.74, 6) is -1.96. The third kappa shape index (κ3) is 5.82. The largest absolute Gasteiger partial charge is 0.478 e. The summed E-state index contributed by atoms with van der Waals surface area (Å²) < 4.78 is 0. The van der Waals surface area contributed by atoms with E-state index in [1.807, 2.05) is 24.3 Å². The number of carbonyl (C=O) groups is 2. The van der Waals surface area contributed by atoms with Crippen LogP contribution in [0.4, 0.5) is 0 Å². The molecule has 0 aliphatic heterocycles. The fourth-order valence-electron chi connectivity index (χ4n) is 4.92. The summed E-state index contributed by atoms with van der Waals surface area (Å²) in [4.78, 5) is 24.6. The van der Waals surface area contributed by atoms with Crippen LogP contribution < -0.4 is 0 Å². The summed E-state index contributed by atoms with van der Waals surface area (Å²) in [6, 6.07) is 16.5. The van der Waals surface area contributed by atoms with Crippen LogP contribution in [0.3, 0.4) is 0 Å². The van der Waals surface area contributed by atoms with E-state index in [1.54, 1.807) is 24.3 Å². The van der Waals surface area contributed by atoms with E-state index in [2.05, 4.69) is 26.8 Å². The highest BCUT2D eigenvalue weighted by Gasteiger charge is 2.25. The predicted octanol–water partition coefficient (Wildman–Crippen LogP) is 8.05. The van der Waals surface area contributed by atoms with E-state index in [-0.39, 0.29) is 11.1 Å². The molecule has 0 radical (unpaired) electrons. The number of hydrogen-bond donors (Lipinski definition) is 2. The van der Waals surface area contributed by atoms with Crippen molar-refractivity contribution in [3.63, 3.8) is 0 Å². The van der Waals surface area contributed by atoms with Gasteiger partial charge in [-0.25, -0.2) is 9.59 Å². The van der Waals surface area contributed by atoms with Gasteiger partial charge in [0.05, 0.1) is 11.1 Å². The number of carboxylic acids is 2. The second-order valence-electron chi connectivity index (χ2n) is 9.08. The van der Waals surface area contributed by atoms with Crippen LogP contribution in [-0.4, -0.2) is 22.2 Å². The monoisotopic (exact) mass is 472 g/mol. The number of carboxylic acid groups (broad SMARTS) is 2. The summed E-state index contributed by atoms with van der Waals surface area (Å²) in [6.45, 7) is 6.45. The quantitative estimate of drug-likeness (QED) is 0.280. The topological polar surface area (TPSA) is 74.6 Å². The number of hydrogen-bond acceptors (Lipinski definition) is 2. The number of unbranched alkanes of at least 4 members (excludes halogenated alkanes) is 2. The lowest BCUT2D eigenvalue weighted by atomic mass is 9.79. The average molecular weight is 473 g/mol. The molecule has 0 saturated heterocycles. The fraction of sp³-hybridized carbons (Fsp3) is 0.355. The minimum absolute atomic E-state index is 0.238. The molecule has 0 spiro atoms. The van der Waals surface area contributed by atoms with Crippen LogP contribution in [0.25, 0.3) is 22.3 Å².